The lowest BCUT2D eigenvalue weighted by atomic mass is 10.2. The Morgan fingerprint density at radius 3 is 2.96 bits per heavy atom. The molecule has 5 nitrogen and oxygen atoms in total. The minimum atomic E-state index is -0.128. The molecule has 0 fully saturated rings. The summed E-state index contributed by atoms with van der Waals surface area (Å²) in [5, 5.41) is 2.89. The molecule has 6 heteroatoms. The monoisotopic (exact) mass is 413 g/mol. The van der Waals surface area contributed by atoms with Gasteiger partial charge in [0.2, 0.25) is 5.91 Å². The normalized spacial score (nSPS) is 11.2. The number of fused-ring (bicyclic) bond motifs is 1. The summed E-state index contributed by atoms with van der Waals surface area (Å²) in [6, 6.07) is 13.6. The molecular weight excluding hydrogens is 394 g/mol. The minimum Gasteiger partial charge on any atom is -0.496 e. The Labute approximate surface area is 160 Å². The van der Waals surface area contributed by atoms with Crippen molar-refractivity contribution < 1.29 is 9.53 Å². The van der Waals surface area contributed by atoms with Crippen LogP contribution in [0.3, 0.4) is 0 Å². The number of nitrogens with zero attached hydrogens (tertiary/aromatic N) is 1. The second-order valence-corrected chi connectivity index (χ2v) is 6.73. The number of hydrogen-bond donors (Lipinski definition) is 2. The summed E-state index contributed by atoms with van der Waals surface area (Å²) in [5.41, 5.74) is 2.86. The number of amides is 1. The Morgan fingerprint density at radius 2 is 2.15 bits per heavy atom. The van der Waals surface area contributed by atoms with E-state index in [0.29, 0.717) is 6.54 Å². The molecule has 0 atom stereocenters. The number of aromatic nitrogens is 2. The number of aryl methyl sites for hydroxylation is 1. The molecule has 1 aromatic heterocycles. The van der Waals surface area contributed by atoms with E-state index < -0.39 is 0 Å². The van der Waals surface area contributed by atoms with Crippen LogP contribution in [-0.4, -0.2) is 29.5 Å². The molecule has 1 amide bonds. The van der Waals surface area contributed by atoms with E-state index in [1.165, 1.54) is 6.08 Å². The van der Waals surface area contributed by atoms with Crippen molar-refractivity contribution in [2.45, 2.75) is 12.8 Å². The smallest absolute Gasteiger partial charge is 0.244 e. The maximum absolute atomic E-state index is 12.0. The maximum Gasteiger partial charge on any atom is 0.244 e. The number of halogens is 1. The van der Waals surface area contributed by atoms with Crippen LogP contribution in [0.2, 0.25) is 0 Å². The summed E-state index contributed by atoms with van der Waals surface area (Å²) in [6.07, 6.45) is 4.88. The predicted molar refractivity (Wildman–Crippen MR) is 107 cm³/mol. The lowest BCUT2D eigenvalue weighted by Gasteiger charge is -2.05. The van der Waals surface area contributed by atoms with Crippen molar-refractivity contribution in [2.24, 2.45) is 0 Å². The van der Waals surface area contributed by atoms with Crippen LogP contribution < -0.4 is 10.1 Å². The number of ether oxygens (including phenoxy) is 1. The van der Waals surface area contributed by atoms with Crippen LogP contribution in [-0.2, 0) is 11.2 Å². The standard InChI is InChI=1S/C20H20BrN3O2/c1-26-18-10-9-15(21)13-14(18)8-11-20(25)22-12-4-7-19-23-16-5-2-3-6-17(16)24-19/h2-3,5-6,8-11,13H,4,7,12H2,1H3,(H,22,25)(H,23,24)/b11-8+. The molecule has 3 rings (SSSR count). The van der Waals surface area contributed by atoms with Crippen molar-refractivity contribution in [3.8, 4) is 5.75 Å². The number of carbonyl (C=O) groups excluding carboxylic acids is 1. The highest BCUT2D eigenvalue weighted by Crippen LogP contribution is 2.24. The summed E-state index contributed by atoms with van der Waals surface area (Å²) in [4.78, 5) is 19.8. The van der Waals surface area contributed by atoms with Gasteiger partial charge in [-0.3, -0.25) is 4.79 Å². The number of imidazole rings is 1. The Bertz CT molecular complexity index is 901. The first-order valence-corrected chi connectivity index (χ1v) is 9.18. The molecule has 0 saturated carbocycles. The molecule has 0 bridgehead atoms. The summed E-state index contributed by atoms with van der Waals surface area (Å²) in [6.45, 7) is 0.593. The zero-order valence-corrected chi connectivity index (χ0v) is 16.0. The van der Waals surface area contributed by atoms with Crippen molar-refractivity contribution >= 4 is 38.9 Å². The highest BCUT2D eigenvalue weighted by atomic mass is 79.9. The number of benzene rings is 2. The van der Waals surface area contributed by atoms with Crippen molar-refractivity contribution in [2.75, 3.05) is 13.7 Å². The summed E-state index contributed by atoms with van der Waals surface area (Å²) >= 11 is 3.42. The summed E-state index contributed by atoms with van der Waals surface area (Å²) in [7, 11) is 1.61. The number of methoxy groups -OCH3 is 1. The third kappa shape index (κ3) is 4.73. The highest BCUT2D eigenvalue weighted by Gasteiger charge is 2.03. The number of aromatic amines is 1. The van der Waals surface area contributed by atoms with Crippen LogP contribution >= 0.6 is 15.9 Å². The first-order valence-electron chi connectivity index (χ1n) is 8.39. The van der Waals surface area contributed by atoms with Gasteiger partial charge in [0, 0.05) is 29.1 Å². The van der Waals surface area contributed by atoms with E-state index in [-0.39, 0.29) is 5.91 Å². The molecule has 3 aromatic rings. The van der Waals surface area contributed by atoms with Crippen LogP contribution in [0, 0.1) is 0 Å². The van der Waals surface area contributed by atoms with Gasteiger partial charge in [-0.15, -0.1) is 0 Å². The molecular formula is C20H20BrN3O2. The third-order valence-corrected chi connectivity index (χ3v) is 4.43. The van der Waals surface area contributed by atoms with Gasteiger partial charge < -0.3 is 15.0 Å². The fourth-order valence-corrected chi connectivity index (χ4v) is 3.03. The summed E-state index contributed by atoms with van der Waals surface area (Å²) in [5.74, 6) is 1.54. The highest BCUT2D eigenvalue weighted by molar-refractivity contribution is 9.10. The number of H-pyrrole nitrogens is 1. The SMILES string of the molecule is COc1ccc(Br)cc1/C=C/C(=O)NCCCc1nc2ccccc2[nH]1. The quantitative estimate of drug-likeness (QED) is 0.452. The van der Waals surface area contributed by atoms with Crippen LogP contribution in [0.1, 0.15) is 17.8 Å². The molecule has 134 valence electrons. The van der Waals surface area contributed by atoms with Gasteiger partial charge in [-0.25, -0.2) is 4.98 Å². The zero-order chi connectivity index (χ0) is 18.4. The molecule has 0 aliphatic rings. The van der Waals surface area contributed by atoms with Crippen LogP contribution in [0.15, 0.2) is 53.0 Å². The lowest BCUT2D eigenvalue weighted by molar-refractivity contribution is -0.116. The van der Waals surface area contributed by atoms with E-state index in [1.54, 1.807) is 13.2 Å². The minimum absolute atomic E-state index is 0.128. The van der Waals surface area contributed by atoms with Crippen LogP contribution in [0.4, 0.5) is 0 Å². The van der Waals surface area contributed by atoms with Crippen molar-refractivity contribution in [3.63, 3.8) is 0 Å². The Morgan fingerprint density at radius 1 is 1.31 bits per heavy atom. The van der Waals surface area contributed by atoms with Crippen molar-refractivity contribution in [1.29, 1.82) is 0 Å². The third-order valence-electron chi connectivity index (χ3n) is 3.93. The van der Waals surface area contributed by atoms with E-state index in [2.05, 4.69) is 31.2 Å². The molecule has 26 heavy (non-hydrogen) atoms. The average molecular weight is 414 g/mol. The van der Waals surface area contributed by atoms with E-state index in [9.17, 15) is 4.79 Å². The fourth-order valence-electron chi connectivity index (χ4n) is 2.65. The first-order chi connectivity index (χ1) is 12.7. The molecule has 0 saturated heterocycles. The maximum atomic E-state index is 12.0. The van der Waals surface area contributed by atoms with E-state index in [1.807, 2.05) is 42.5 Å². The molecule has 2 N–H and O–H groups in total. The van der Waals surface area contributed by atoms with E-state index >= 15 is 0 Å². The second kappa shape index (κ2) is 8.67. The molecule has 1 heterocycles. The molecule has 0 radical (unpaired) electrons. The Kier molecular flexibility index (Phi) is 6.07. The number of rotatable bonds is 7. The van der Waals surface area contributed by atoms with Gasteiger partial charge in [-0.1, -0.05) is 28.1 Å². The molecule has 0 unspecified atom stereocenters. The van der Waals surface area contributed by atoms with Gasteiger partial charge in [0.05, 0.1) is 18.1 Å². The first kappa shape index (κ1) is 18.2. The molecule has 0 aliphatic heterocycles. The average Bonchev–Trinajstić information content (AvgIpc) is 3.06. The predicted octanol–water partition coefficient (Wildman–Crippen LogP) is 4.10. The molecule has 0 aliphatic carbocycles. The van der Waals surface area contributed by atoms with Gasteiger partial charge in [0.25, 0.3) is 0 Å². The number of para-hydroxylation sites is 2. The van der Waals surface area contributed by atoms with Crippen LogP contribution in [0.25, 0.3) is 17.1 Å². The van der Waals surface area contributed by atoms with Crippen molar-refractivity contribution in [1.82, 2.24) is 15.3 Å². The Balaban J connectivity index is 1.47. The van der Waals surface area contributed by atoms with Gasteiger partial charge in [-0.2, -0.15) is 0 Å². The second-order valence-electron chi connectivity index (χ2n) is 5.81. The number of nitrogens with one attached hydrogen (secondary N) is 2. The zero-order valence-electron chi connectivity index (χ0n) is 14.5. The molecule has 2 aromatic carbocycles. The van der Waals surface area contributed by atoms with E-state index in [0.717, 1.165) is 45.5 Å². The van der Waals surface area contributed by atoms with Gasteiger partial charge >= 0.3 is 0 Å². The topological polar surface area (TPSA) is 67.0 Å². The largest absolute Gasteiger partial charge is 0.496 e. The summed E-state index contributed by atoms with van der Waals surface area (Å²) < 4.78 is 6.23. The van der Waals surface area contributed by atoms with Gasteiger partial charge in [-0.05, 0) is 42.8 Å². The fraction of sp³-hybridized carbons (Fsp3) is 0.200. The van der Waals surface area contributed by atoms with Gasteiger partial charge in [0.1, 0.15) is 11.6 Å². The molecule has 0 spiro atoms. The van der Waals surface area contributed by atoms with E-state index in [4.69, 9.17) is 4.74 Å². The lowest BCUT2D eigenvalue weighted by Crippen LogP contribution is -2.22. The Hall–Kier alpha value is -2.60. The number of carbonyl (C=O) groups is 1. The van der Waals surface area contributed by atoms with Gasteiger partial charge in [0.15, 0.2) is 0 Å². The van der Waals surface area contributed by atoms with Crippen molar-refractivity contribution in [3.05, 3.63) is 64.4 Å². The van der Waals surface area contributed by atoms with Crippen LogP contribution in [0.5, 0.6) is 5.75 Å². The number of hydrogen-bond acceptors (Lipinski definition) is 3.